The number of carbonyl (C=O) groups excluding carboxylic acids is 2. The van der Waals surface area contributed by atoms with Crippen LogP contribution in [0.3, 0.4) is 0 Å². The molecule has 1 aliphatic heterocycles. The van der Waals surface area contributed by atoms with Crippen LogP contribution in [-0.4, -0.2) is 46.4 Å². The molecule has 1 saturated heterocycles. The standard InChI is InChI=1S/C14H22N2O4/c1-2-3-4-11(14(19)20)15-13(18)9-7-12(17)16(8-9)10-5-6-10/h9-11H,2-8H2,1H3,(H,15,18)(H,19,20)/t9?,11-/m0/s1. The number of rotatable bonds is 7. The first kappa shape index (κ1) is 14.8. The fourth-order valence-corrected chi connectivity index (χ4v) is 2.60. The SMILES string of the molecule is CCCC[C@H](NC(=O)C1CC(=O)N(C2CC2)C1)C(=O)O. The molecule has 0 spiro atoms. The third-order valence-corrected chi connectivity index (χ3v) is 3.98. The number of aliphatic carboxylic acids is 1. The third kappa shape index (κ3) is 3.49. The summed E-state index contributed by atoms with van der Waals surface area (Å²) in [6.07, 6.45) is 4.34. The smallest absolute Gasteiger partial charge is 0.326 e. The van der Waals surface area contributed by atoms with Crippen LogP contribution in [0.25, 0.3) is 0 Å². The topological polar surface area (TPSA) is 86.7 Å². The number of nitrogens with one attached hydrogen (secondary N) is 1. The molecular weight excluding hydrogens is 260 g/mol. The van der Waals surface area contributed by atoms with E-state index in [-0.39, 0.29) is 18.2 Å². The number of hydrogen-bond acceptors (Lipinski definition) is 3. The highest BCUT2D eigenvalue weighted by atomic mass is 16.4. The third-order valence-electron chi connectivity index (χ3n) is 3.98. The number of nitrogens with zero attached hydrogens (tertiary/aromatic N) is 1. The van der Waals surface area contributed by atoms with Crippen LogP contribution in [0.4, 0.5) is 0 Å². The summed E-state index contributed by atoms with van der Waals surface area (Å²) in [5.41, 5.74) is 0. The van der Waals surface area contributed by atoms with Crippen molar-refractivity contribution in [2.75, 3.05) is 6.54 Å². The Morgan fingerprint density at radius 3 is 2.70 bits per heavy atom. The number of amides is 2. The lowest BCUT2D eigenvalue weighted by Gasteiger charge is -2.18. The minimum absolute atomic E-state index is 0.0214. The molecule has 2 atom stereocenters. The van der Waals surface area contributed by atoms with E-state index in [1.54, 1.807) is 4.90 Å². The lowest BCUT2D eigenvalue weighted by atomic mass is 10.1. The molecule has 6 heteroatoms. The predicted molar refractivity (Wildman–Crippen MR) is 71.9 cm³/mol. The Morgan fingerprint density at radius 1 is 1.45 bits per heavy atom. The molecule has 1 unspecified atom stereocenters. The van der Waals surface area contributed by atoms with Gasteiger partial charge in [-0.3, -0.25) is 9.59 Å². The number of hydrogen-bond donors (Lipinski definition) is 2. The van der Waals surface area contributed by atoms with Crippen molar-refractivity contribution in [1.29, 1.82) is 0 Å². The summed E-state index contributed by atoms with van der Waals surface area (Å²) >= 11 is 0. The quantitative estimate of drug-likeness (QED) is 0.721. The summed E-state index contributed by atoms with van der Waals surface area (Å²) < 4.78 is 0. The molecule has 20 heavy (non-hydrogen) atoms. The Morgan fingerprint density at radius 2 is 2.15 bits per heavy atom. The molecule has 1 saturated carbocycles. The zero-order chi connectivity index (χ0) is 14.7. The number of likely N-dealkylation sites (tertiary alicyclic amines) is 1. The van der Waals surface area contributed by atoms with Gasteiger partial charge in [0.25, 0.3) is 0 Å². The van der Waals surface area contributed by atoms with E-state index in [0.29, 0.717) is 19.0 Å². The van der Waals surface area contributed by atoms with Gasteiger partial charge in [0.05, 0.1) is 5.92 Å². The summed E-state index contributed by atoms with van der Waals surface area (Å²) in [6.45, 7) is 2.42. The van der Waals surface area contributed by atoms with E-state index in [9.17, 15) is 14.4 Å². The Hall–Kier alpha value is -1.59. The molecule has 1 heterocycles. The second-order valence-electron chi connectivity index (χ2n) is 5.72. The fraction of sp³-hybridized carbons (Fsp3) is 0.786. The molecule has 2 aliphatic rings. The molecule has 6 nitrogen and oxygen atoms in total. The van der Waals surface area contributed by atoms with Gasteiger partial charge < -0.3 is 15.3 Å². The molecule has 2 fully saturated rings. The minimum atomic E-state index is -1.00. The molecule has 112 valence electrons. The Kier molecular flexibility index (Phi) is 4.62. The number of unbranched alkanes of at least 4 members (excludes halogenated alkanes) is 1. The van der Waals surface area contributed by atoms with Crippen molar-refractivity contribution in [2.24, 2.45) is 5.92 Å². The summed E-state index contributed by atoms with van der Waals surface area (Å²) in [5.74, 6) is -1.68. The van der Waals surface area contributed by atoms with Crippen molar-refractivity contribution < 1.29 is 19.5 Å². The van der Waals surface area contributed by atoms with E-state index in [0.717, 1.165) is 25.7 Å². The first-order valence-corrected chi connectivity index (χ1v) is 7.35. The molecule has 0 aromatic heterocycles. The van der Waals surface area contributed by atoms with Crippen LogP contribution in [0, 0.1) is 5.92 Å². The predicted octanol–water partition coefficient (Wildman–Crippen LogP) is 0.757. The van der Waals surface area contributed by atoms with Crippen LogP contribution in [0.2, 0.25) is 0 Å². The Bertz CT molecular complexity index is 406. The van der Waals surface area contributed by atoms with Crippen LogP contribution < -0.4 is 5.32 Å². The molecule has 1 aliphatic carbocycles. The first-order valence-electron chi connectivity index (χ1n) is 7.35. The van der Waals surface area contributed by atoms with Gasteiger partial charge in [-0.2, -0.15) is 0 Å². The van der Waals surface area contributed by atoms with E-state index in [2.05, 4.69) is 5.32 Å². The fourth-order valence-electron chi connectivity index (χ4n) is 2.60. The van der Waals surface area contributed by atoms with Crippen molar-refractivity contribution in [3.63, 3.8) is 0 Å². The number of carboxylic acid groups (broad SMARTS) is 1. The van der Waals surface area contributed by atoms with Gasteiger partial charge in [0.1, 0.15) is 6.04 Å². The van der Waals surface area contributed by atoms with Crippen LogP contribution in [0.15, 0.2) is 0 Å². The summed E-state index contributed by atoms with van der Waals surface area (Å²) in [5, 5.41) is 11.7. The molecule has 2 amide bonds. The Labute approximate surface area is 118 Å². The zero-order valence-electron chi connectivity index (χ0n) is 11.8. The molecular formula is C14H22N2O4. The summed E-state index contributed by atoms with van der Waals surface area (Å²) in [4.78, 5) is 36.8. The van der Waals surface area contributed by atoms with E-state index in [4.69, 9.17) is 5.11 Å². The van der Waals surface area contributed by atoms with Gasteiger partial charge in [-0.1, -0.05) is 19.8 Å². The highest BCUT2D eigenvalue weighted by molar-refractivity contribution is 5.91. The average molecular weight is 282 g/mol. The van der Waals surface area contributed by atoms with Crippen LogP contribution in [-0.2, 0) is 14.4 Å². The Balaban J connectivity index is 1.87. The normalized spacial score (nSPS) is 23.8. The monoisotopic (exact) mass is 282 g/mol. The van der Waals surface area contributed by atoms with Crippen molar-refractivity contribution in [3.05, 3.63) is 0 Å². The number of carboxylic acids is 1. The maximum absolute atomic E-state index is 12.1. The molecule has 0 bridgehead atoms. The lowest BCUT2D eigenvalue weighted by Crippen LogP contribution is -2.44. The number of carbonyl (C=O) groups is 3. The van der Waals surface area contributed by atoms with E-state index >= 15 is 0 Å². The molecule has 2 rings (SSSR count). The van der Waals surface area contributed by atoms with Crippen molar-refractivity contribution in [3.8, 4) is 0 Å². The zero-order valence-corrected chi connectivity index (χ0v) is 11.8. The summed E-state index contributed by atoms with van der Waals surface area (Å²) in [6, 6.07) is -0.525. The van der Waals surface area contributed by atoms with E-state index < -0.39 is 17.9 Å². The van der Waals surface area contributed by atoms with Crippen LogP contribution >= 0.6 is 0 Å². The first-order chi connectivity index (χ1) is 9.52. The molecule has 0 radical (unpaired) electrons. The highest BCUT2D eigenvalue weighted by Crippen LogP contribution is 2.32. The summed E-state index contributed by atoms with van der Waals surface area (Å²) in [7, 11) is 0. The highest BCUT2D eigenvalue weighted by Gasteiger charge is 2.42. The van der Waals surface area contributed by atoms with Crippen molar-refractivity contribution in [2.45, 2.75) is 57.5 Å². The average Bonchev–Trinajstić information content (AvgIpc) is 3.17. The van der Waals surface area contributed by atoms with Crippen molar-refractivity contribution in [1.82, 2.24) is 10.2 Å². The largest absolute Gasteiger partial charge is 0.480 e. The van der Waals surface area contributed by atoms with Gasteiger partial charge in [0.2, 0.25) is 11.8 Å². The molecule has 0 aromatic carbocycles. The van der Waals surface area contributed by atoms with Crippen molar-refractivity contribution >= 4 is 17.8 Å². The maximum atomic E-state index is 12.1. The van der Waals surface area contributed by atoms with Gasteiger partial charge in [0.15, 0.2) is 0 Å². The van der Waals surface area contributed by atoms with E-state index in [1.807, 2.05) is 6.92 Å². The van der Waals surface area contributed by atoms with Gasteiger partial charge in [-0.05, 0) is 19.3 Å². The van der Waals surface area contributed by atoms with Crippen LogP contribution in [0.1, 0.15) is 45.4 Å². The molecule has 0 aromatic rings. The van der Waals surface area contributed by atoms with Gasteiger partial charge >= 0.3 is 5.97 Å². The maximum Gasteiger partial charge on any atom is 0.326 e. The van der Waals surface area contributed by atoms with E-state index in [1.165, 1.54) is 0 Å². The second-order valence-corrected chi connectivity index (χ2v) is 5.72. The molecule has 2 N–H and O–H groups in total. The second kappa shape index (κ2) is 6.24. The van der Waals surface area contributed by atoms with Gasteiger partial charge in [-0.15, -0.1) is 0 Å². The minimum Gasteiger partial charge on any atom is -0.480 e. The van der Waals surface area contributed by atoms with Gasteiger partial charge in [0, 0.05) is 19.0 Å². The lowest BCUT2D eigenvalue weighted by molar-refractivity contribution is -0.142. The van der Waals surface area contributed by atoms with Crippen LogP contribution in [0.5, 0.6) is 0 Å². The van der Waals surface area contributed by atoms with Gasteiger partial charge in [-0.25, -0.2) is 4.79 Å².